The van der Waals surface area contributed by atoms with E-state index in [1.165, 1.54) is 100 Å². The zero-order chi connectivity index (χ0) is 50.1. The number of nitrogens with zero attached hydrogens (tertiary/aromatic N) is 3. The van der Waals surface area contributed by atoms with Crippen LogP contribution in [0, 0.1) is 27.7 Å². The van der Waals surface area contributed by atoms with Gasteiger partial charge in [-0.05, 0) is 149 Å². The van der Waals surface area contributed by atoms with E-state index in [1.807, 2.05) is 6.07 Å². The number of hydrogen-bond donors (Lipinski definition) is 0. The van der Waals surface area contributed by atoms with Gasteiger partial charge in [0.15, 0.2) is 0 Å². The first-order valence-corrected chi connectivity index (χ1v) is 25.6. The number of anilines is 6. The third kappa shape index (κ3) is 6.80. The fourth-order valence-corrected chi connectivity index (χ4v) is 12.1. The average molecular weight is 936 g/mol. The minimum absolute atomic E-state index is 0.0663. The van der Waals surface area contributed by atoms with Crippen LogP contribution in [0.25, 0.3) is 61.8 Å². The third-order valence-electron chi connectivity index (χ3n) is 15.7. The van der Waals surface area contributed by atoms with Crippen LogP contribution in [0.1, 0.15) is 93.1 Å². The molecule has 2 aliphatic rings. The molecule has 0 fully saturated rings. The highest BCUT2D eigenvalue weighted by Gasteiger charge is 2.45. The summed E-state index contributed by atoms with van der Waals surface area (Å²) in [4.78, 5) is 5.20. The van der Waals surface area contributed by atoms with Crippen molar-refractivity contribution in [2.45, 2.75) is 87.0 Å². The zero-order valence-electron chi connectivity index (χ0n) is 43.6. The van der Waals surface area contributed by atoms with Crippen LogP contribution < -0.4 is 26.2 Å². The monoisotopic (exact) mass is 935 g/mol. The molecule has 12 rings (SSSR count). The molecule has 0 atom stereocenters. The quantitative estimate of drug-likeness (QED) is 0.155. The average Bonchev–Trinajstić information content (AvgIpc) is 3.88. The lowest BCUT2D eigenvalue weighted by atomic mass is 9.33. The molecule has 0 radical (unpaired) electrons. The summed E-state index contributed by atoms with van der Waals surface area (Å²) in [7, 11) is 0. The largest absolute Gasteiger partial charge is 0.455 e. The fourth-order valence-electron chi connectivity index (χ4n) is 12.1. The summed E-state index contributed by atoms with van der Waals surface area (Å²) in [5.41, 5.74) is 27.0. The van der Waals surface area contributed by atoms with E-state index >= 15 is 0 Å². The molecule has 4 heterocycles. The van der Waals surface area contributed by atoms with Gasteiger partial charge in [0.2, 0.25) is 0 Å². The Kier molecular flexibility index (Phi) is 10.3. The Morgan fingerprint density at radius 1 is 0.542 bits per heavy atom. The standard InChI is InChI=1S/C67H62BN3O/c1-13-20-49-52-38-54-58(39-56(52)70(55(49)14-2)63-40(3)21-17-22-41(63)4)71(64-42(5)23-18-24-43(64)6)60-37-46(67(10,11)12)36-59-62(60)68(54)53-34-31-45(66(7,8)9)35-57(53)69(59)47-32-29-44(30-33-47)48-26-19-27-51-50-25-15-16-28-61(50)72-65(48)51/h13-39H,2H2,1,3-12H3/b20-13-. The number of hydrogen-bond acceptors (Lipinski definition) is 3. The maximum absolute atomic E-state index is 6.57. The molecule has 0 N–H and O–H groups in total. The molecule has 10 aromatic rings. The Morgan fingerprint density at radius 3 is 1.79 bits per heavy atom. The highest BCUT2D eigenvalue weighted by atomic mass is 16.3. The van der Waals surface area contributed by atoms with Crippen molar-refractivity contribution in [3.63, 3.8) is 0 Å². The Morgan fingerprint density at radius 2 is 1.14 bits per heavy atom. The molecule has 0 bridgehead atoms. The number of furan rings is 1. The Labute approximate surface area is 425 Å². The van der Waals surface area contributed by atoms with Gasteiger partial charge >= 0.3 is 0 Å². The van der Waals surface area contributed by atoms with E-state index in [0.29, 0.717) is 0 Å². The molecule has 4 nitrogen and oxygen atoms in total. The number of rotatable bonds is 6. The molecule has 0 amide bonds. The smallest absolute Gasteiger partial charge is 0.252 e. The summed E-state index contributed by atoms with van der Waals surface area (Å²) in [6.07, 6.45) is 6.50. The maximum atomic E-state index is 6.57. The van der Waals surface area contributed by atoms with Crippen molar-refractivity contribution in [2.75, 3.05) is 9.80 Å². The second kappa shape index (κ2) is 16.4. The van der Waals surface area contributed by atoms with Crippen molar-refractivity contribution in [2.24, 2.45) is 0 Å². The molecule has 0 unspecified atom stereocenters. The van der Waals surface area contributed by atoms with E-state index in [0.717, 1.165) is 44.4 Å². The van der Waals surface area contributed by atoms with E-state index in [9.17, 15) is 0 Å². The molecule has 354 valence electrons. The molecule has 2 aromatic heterocycles. The first-order chi connectivity index (χ1) is 34.6. The first kappa shape index (κ1) is 45.4. The first-order valence-electron chi connectivity index (χ1n) is 25.6. The van der Waals surface area contributed by atoms with Crippen LogP contribution >= 0.6 is 0 Å². The molecule has 0 saturated carbocycles. The van der Waals surface area contributed by atoms with Crippen LogP contribution in [0.3, 0.4) is 0 Å². The molecule has 0 spiro atoms. The van der Waals surface area contributed by atoms with E-state index in [4.69, 9.17) is 4.42 Å². The summed E-state index contributed by atoms with van der Waals surface area (Å²) in [5.74, 6) is 0. The van der Waals surface area contributed by atoms with Crippen molar-refractivity contribution < 1.29 is 4.42 Å². The molecule has 8 aromatic carbocycles. The van der Waals surface area contributed by atoms with Crippen molar-refractivity contribution in [1.29, 1.82) is 0 Å². The van der Waals surface area contributed by atoms with Crippen LogP contribution in [0.5, 0.6) is 0 Å². The van der Waals surface area contributed by atoms with E-state index < -0.39 is 0 Å². The van der Waals surface area contributed by atoms with Gasteiger partial charge in [0.25, 0.3) is 6.71 Å². The Balaban J connectivity index is 1.18. The predicted molar refractivity (Wildman–Crippen MR) is 311 cm³/mol. The molecule has 5 heteroatoms. The molecule has 2 aliphatic heterocycles. The van der Waals surface area contributed by atoms with E-state index in [1.54, 1.807) is 0 Å². The third-order valence-corrected chi connectivity index (χ3v) is 15.7. The van der Waals surface area contributed by atoms with Gasteiger partial charge in [0, 0.05) is 55.7 Å². The van der Waals surface area contributed by atoms with Crippen LogP contribution in [0.15, 0.2) is 163 Å². The van der Waals surface area contributed by atoms with Crippen molar-refractivity contribution in [3.8, 4) is 16.8 Å². The minimum atomic E-state index is -0.163. The minimum Gasteiger partial charge on any atom is -0.455 e. The van der Waals surface area contributed by atoms with Crippen LogP contribution in [-0.4, -0.2) is 11.3 Å². The summed E-state index contributed by atoms with van der Waals surface area (Å²) in [5, 5.41) is 3.49. The topological polar surface area (TPSA) is 24.6 Å². The Bertz CT molecular complexity index is 3880. The van der Waals surface area contributed by atoms with Gasteiger partial charge in [-0.3, -0.25) is 0 Å². The number of aryl methyl sites for hydroxylation is 4. The number of para-hydroxylation sites is 4. The van der Waals surface area contributed by atoms with Gasteiger partial charge in [-0.15, -0.1) is 0 Å². The highest BCUT2D eigenvalue weighted by molar-refractivity contribution is 7.00. The van der Waals surface area contributed by atoms with Crippen molar-refractivity contribution >= 4 is 102 Å². The van der Waals surface area contributed by atoms with Gasteiger partial charge < -0.3 is 18.8 Å². The lowest BCUT2D eigenvalue weighted by molar-refractivity contribution is 0.590. The highest BCUT2D eigenvalue weighted by Crippen LogP contribution is 2.50. The van der Waals surface area contributed by atoms with Gasteiger partial charge in [-0.25, -0.2) is 0 Å². The van der Waals surface area contributed by atoms with Gasteiger partial charge in [0.05, 0.1) is 22.6 Å². The summed E-state index contributed by atoms with van der Waals surface area (Å²) in [6.45, 7) is 29.6. The molecule has 0 saturated heterocycles. The summed E-state index contributed by atoms with van der Waals surface area (Å²) >= 11 is 0. The fraction of sp³-hybridized carbons (Fsp3) is 0.194. The van der Waals surface area contributed by atoms with E-state index in [-0.39, 0.29) is 17.5 Å². The zero-order valence-corrected chi connectivity index (χ0v) is 43.6. The van der Waals surface area contributed by atoms with Gasteiger partial charge in [-0.2, -0.15) is 0 Å². The molecule has 72 heavy (non-hydrogen) atoms. The molecular formula is C67H62BN3O. The van der Waals surface area contributed by atoms with Crippen LogP contribution in [0.2, 0.25) is 0 Å². The Hall–Kier alpha value is -7.76. The summed E-state index contributed by atoms with van der Waals surface area (Å²) in [6, 6.07) is 54.8. The van der Waals surface area contributed by atoms with Gasteiger partial charge in [-0.1, -0.05) is 163 Å². The molecular weight excluding hydrogens is 874 g/mol. The summed E-state index contributed by atoms with van der Waals surface area (Å²) < 4.78 is 9.05. The second-order valence-corrected chi connectivity index (χ2v) is 22.4. The SMILES string of the molecule is C=Cc1c(/C=C\C)c2cc3c(cc2n1-c1c(C)cccc1C)N(c1c(C)cccc1C)c1cc(C(C)(C)C)cc2c1B3c1ccc(C(C)(C)C)cc1N2c1ccc(-c2cccc3c2oc2ccccc23)cc1. The van der Waals surface area contributed by atoms with Crippen molar-refractivity contribution in [3.05, 3.63) is 203 Å². The number of benzene rings is 8. The van der Waals surface area contributed by atoms with Gasteiger partial charge in [0.1, 0.15) is 11.2 Å². The van der Waals surface area contributed by atoms with Crippen LogP contribution in [0.4, 0.5) is 34.1 Å². The van der Waals surface area contributed by atoms with E-state index in [2.05, 4.69) is 255 Å². The lowest BCUT2D eigenvalue weighted by Crippen LogP contribution is -2.61. The van der Waals surface area contributed by atoms with Crippen molar-refractivity contribution in [1.82, 2.24) is 4.57 Å². The normalized spacial score (nSPS) is 13.4. The number of aromatic nitrogens is 1. The second-order valence-electron chi connectivity index (χ2n) is 22.4. The maximum Gasteiger partial charge on any atom is 0.252 e. The van der Waals surface area contributed by atoms with Crippen LogP contribution in [-0.2, 0) is 10.8 Å². The number of fused-ring (bicyclic) bond motifs is 8. The predicted octanol–water partition coefficient (Wildman–Crippen LogP) is 16.8. The number of allylic oxidation sites excluding steroid dienone is 1. The molecule has 0 aliphatic carbocycles. The lowest BCUT2D eigenvalue weighted by Gasteiger charge is -2.46.